The van der Waals surface area contributed by atoms with Crippen molar-refractivity contribution in [2.75, 3.05) is 13.1 Å². The number of hydrogen-bond donors (Lipinski definition) is 1. The van der Waals surface area contributed by atoms with Crippen molar-refractivity contribution < 1.29 is 13.2 Å². The first-order valence-corrected chi connectivity index (χ1v) is 12.3. The van der Waals surface area contributed by atoms with Gasteiger partial charge >= 0.3 is 0 Å². The van der Waals surface area contributed by atoms with Gasteiger partial charge in [-0.15, -0.1) is 0 Å². The molecular formula is C24H30N2O3S. The first-order valence-electron chi connectivity index (χ1n) is 10.8. The van der Waals surface area contributed by atoms with Crippen molar-refractivity contribution in [2.24, 2.45) is 5.92 Å². The molecule has 0 aromatic heterocycles. The zero-order valence-corrected chi connectivity index (χ0v) is 18.5. The number of carbonyl (C=O) groups is 1. The van der Waals surface area contributed by atoms with Crippen molar-refractivity contribution in [3.63, 3.8) is 0 Å². The van der Waals surface area contributed by atoms with E-state index in [1.807, 2.05) is 26.0 Å². The second kappa shape index (κ2) is 8.52. The van der Waals surface area contributed by atoms with Gasteiger partial charge in [0.25, 0.3) is 0 Å². The minimum absolute atomic E-state index is 0.0555. The minimum Gasteiger partial charge on any atom is -0.349 e. The summed E-state index contributed by atoms with van der Waals surface area (Å²) >= 11 is 0. The average Bonchev–Trinajstić information content (AvgIpc) is 2.76. The molecule has 1 saturated heterocycles. The van der Waals surface area contributed by atoms with Crippen LogP contribution in [0.1, 0.15) is 54.0 Å². The Balaban J connectivity index is 1.39. The smallest absolute Gasteiger partial charge is 0.243 e. The molecule has 1 amide bonds. The van der Waals surface area contributed by atoms with Gasteiger partial charge in [-0.25, -0.2) is 8.42 Å². The Hall–Kier alpha value is -2.18. The second-order valence-corrected chi connectivity index (χ2v) is 10.5. The Morgan fingerprint density at radius 1 is 1.00 bits per heavy atom. The fourth-order valence-corrected chi connectivity index (χ4v) is 6.13. The first-order chi connectivity index (χ1) is 14.4. The number of piperidine rings is 1. The van der Waals surface area contributed by atoms with Crippen LogP contribution in [0.3, 0.4) is 0 Å². The van der Waals surface area contributed by atoms with E-state index in [2.05, 4.69) is 23.5 Å². The molecule has 1 atom stereocenters. The molecule has 0 saturated carbocycles. The maximum atomic E-state index is 13.0. The summed E-state index contributed by atoms with van der Waals surface area (Å²) in [7, 11) is -3.52. The number of carbonyl (C=O) groups excluding carboxylic acids is 1. The Labute approximate surface area is 179 Å². The first kappa shape index (κ1) is 21.1. The zero-order valence-electron chi connectivity index (χ0n) is 17.7. The SMILES string of the molecule is Cc1ccc(S(=O)(=O)N2CCC(C(=O)N[C@@H]3CCCc4ccccc43)CC2)cc1C. The third-order valence-electron chi connectivity index (χ3n) is 6.63. The second-order valence-electron chi connectivity index (χ2n) is 8.58. The largest absolute Gasteiger partial charge is 0.349 e. The molecule has 1 N–H and O–H groups in total. The van der Waals surface area contributed by atoms with Crippen LogP contribution in [0.5, 0.6) is 0 Å². The molecule has 0 spiro atoms. The standard InChI is InChI=1S/C24H30N2O3S/c1-17-10-11-21(16-18(17)2)30(28,29)26-14-12-20(13-15-26)24(27)25-23-9-5-7-19-6-3-4-8-22(19)23/h3-4,6,8,10-11,16,20,23H,5,7,9,12-15H2,1-2H3,(H,25,27)/t23-/m1/s1. The highest BCUT2D eigenvalue weighted by molar-refractivity contribution is 7.89. The topological polar surface area (TPSA) is 66.5 Å². The van der Waals surface area contributed by atoms with E-state index in [1.165, 1.54) is 15.4 Å². The summed E-state index contributed by atoms with van der Waals surface area (Å²) in [6, 6.07) is 13.7. The normalized spacial score (nSPS) is 20.5. The molecule has 1 heterocycles. The molecule has 30 heavy (non-hydrogen) atoms. The molecule has 5 nitrogen and oxygen atoms in total. The number of hydrogen-bond acceptors (Lipinski definition) is 3. The van der Waals surface area contributed by atoms with Crippen molar-refractivity contribution in [1.29, 1.82) is 0 Å². The fourth-order valence-electron chi connectivity index (χ4n) is 4.58. The van der Waals surface area contributed by atoms with Gasteiger partial charge < -0.3 is 5.32 Å². The summed E-state index contributed by atoms with van der Waals surface area (Å²) in [5.74, 6) is -0.0785. The van der Waals surface area contributed by atoms with Gasteiger partial charge in [-0.1, -0.05) is 30.3 Å². The van der Waals surface area contributed by atoms with Crippen LogP contribution in [0.4, 0.5) is 0 Å². The van der Waals surface area contributed by atoms with Gasteiger partial charge in [0.05, 0.1) is 10.9 Å². The van der Waals surface area contributed by atoms with Crippen LogP contribution < -0.4 is 5.32 Å². The van der Waals surface area contributed by atoms with Gasteiger partial charge in [0, 0.05) is 19.0 Å². The molecule has 0 bridgehead atoms. The van der Waals surface area contributed by atoms with E-state index in [4.69, 9.17) is 0 Å². The maximum Gasteiger partial charge on any atom is 0.243 e. The van der Waals surface area contributed by atoms with Crippen molar-refractivity contribution in [3.05, 3.63) is 64.7 Å². The van der Waals surface area contributed by atoms with Gasteiger partial charge in [-0.2, -0.15) is 4.31 Å². The summed E-state index contributed by atoms with van der Waals surface area (Å²) in [5, 5.41) is 3.24. The predicted molar refractivity (Wildman–Crippen MR) is 118 cm³/mol. The van der Waals surface area contributed by atoms with E-state index in [0.717, 1.165) is 30.4 Å². The molecule has 0 unspecified atom stereocenters. The number of sulfonamides is 1. The van der Waals surface area contributed by atoms with Crippen LogP contribution in [-0.4, -0.2) is 31.7 Å². The Morgan fingerprint density at radius 3 is 2.47 bits per heavy atom. The van der Waals surface area contributed by atoms with Gasteiger partial charge in [-0.3, -0.25) is 4.79 Å². The predicted octanol–water partition coefficient (Wildman–Crippen LogP) is 3.90. The summed E-state index contributed by atoms with van der Waals surface area (Å²) < 4.78 is 27.5. The molecule has 6 heteroatoms. The van der Waals surface area contributed by atoms with Gasteiger partial charge in [0.2, 0.25) is 15.9 Å². The molecule has 0 radical (unpaired) electrons. The molecular weight excluding hydrogens is 396 g/mol. The van der Waals surface area contributed by atoms with Crippen LogP contribution in [0.25, 0.3) is 0 Å². The lowest BCUT2D eigenvalue weighted by atomic mass is 9.87. The van der Waals surface area contributed by atoms with Gasteiger partial charge in [0.15, 0.2) is 0 Å². The molecule has 2 aliphatic rings. The third-order valence-corrected chi connectivity index (χ3v) is 8.52. The molecule has 160 valence electrons. The van der Waals surface area contributed by atoms with Crippen LogP contribution in [0.2, 0.25) is 0 Å². The summed E-state index contributed by atoms with van der Waals surface area (Å²) in [5.41, 5.74) is 4.60. The van der Waals surface area contributed by atoms with Crippen LogP contribution >= 0.6 is 0 Å². The molecule has 1 aliphatic heterocycles. The Kier molecular flexibility index (Phi) is 5.98. The molecule has 1 fully saturated rings. The summed E-state index contributed by atoms with van der Waals surface area (Å²) in [6.07, 6.45) is 4.23. The van der Waals surface area contributed by atoms with Crippen molar-refractivity contribution in [3.8, 4) is 0 Å². The van der Waals surface area contributed by atoms with Crippen LogP contribution in [0, 0.1) is 19.8 Å². The van der Waals surface area contributed by atoms with E-state index in [0.29, 0.717) is 30.8 Å². The quantitative estimate of drug-likeness (QED) is 0.806. The number of aryl methyl sites for hydroxylation is 3. The number of benzene rings is 2. The lowest BCUT2D eigenvalue weighted by Gasteiger charge is -2.32. The van der Waals surface area contributed by atoms with Crippen molar-refractivity contribution in [2.45, 2.75) is 56.9 Å². The van der Waals surface area contributed by atoms with Crippen LogP contribution in [0.15, 0.2) is 47.4 Å². The Morgan fingerprint density at radius 2 is 1.73 bits per heavy atom. The summed E-state index contributed by atoms with van der Waals surface area (Å²) in [6.45, 7) is 4.66. The maximum absolute atomic E-state index is 13.0. The van der Waals surface area contributed by atoms with Crippen molar-refractivity contribution in [1.82, 2.24) is 9.62 Å². The zero-order chi connectivity index (χ0) is 21.3. The number of rotatable bonds is 4. The van der Waals surface area contributed by atoms with E-state index >= 15 is 0 Å². The summed E-state index contributed by atoms with van der Waals surface area (Å²) in [4.78, 5) is 13.2. The van der Waals surface area contributed by atoms with Gasteiger partial charge in [-0.05, 0) is 80.3 Å². The van der Waals surface area contributed by atoms with Crippen molar-refractivity contribution >= 4 is 15.9 Å². The molecule has 1 aliphatic carbocycles. The van der Waals surface area contributed by atoms with E-state index < -0.39 is 10.0 Å². The number of amides is 1. The highest BCUT2D eigenvalue weighted by atomic mass is 32.2. The highest BCUT2D eigenvalue weighted by Gasteiger charge is 2.33. The van der Waals surface area contributed by atoms with E-state index in [1.54, 1.807) is 12.1 Å². The Bertz CT molecular complexity index is 1040. The van der Waals surface area contributed by atoms with Gasteiger partial charge in [0.1, 0.15) is 0 Å². The van der Waals surface area contributed by atoms with E-state index in [-0.39, 0.29) is 17.9 Å². The van der Waals surface area contributed by atoms with E-state index in [9.17, 15) is 13.2 Å². The third kappa shape index (κ3) is 4.16. The fraction of sp³-hybridized carbons (Fsp3) is 0.458. The molecule has 2 aromatic carbocycles. The number of nitrogens with zero attached hydrogens (tertiary/aromatic N) is 1. The minimum atomic E-state index is -3.52. The number of nitrogens with one attached hydrogen (secondary N) is 1. The average molecular weight is 427 g/mol. The molecule has 4 rings (SSSR count). The monoisotopic (exact) mass is 426 g/mol. The van der Waals surface area contributed by atoms with Crippen LogP contribution in [-0.2, 0) is 21.2 Å². The molecule has 2 aromatic rings. The lowest BCUT2D eigenvalue weighted by Crippen LogP contribution is -2.44. The lowest BCUT2D eigenvalue weighted by molar-refractivity contribution is -0.127. The highest BCUT2D eigenvalue weighted by Crippen LogP contribution is 2.31. The number of fused-ring (bicyclic) bond motifs is 1.